The molecule has 0 saturated heterocycles. The SMILES string of the molecule is Cc1nc(CON=NN)no1. The maximum Gasteiger partial charge on any atom is 0.223 e. The Bertz CT molecular complexity index is 244. The van der Waals surface area contributed by atoms with Crippen LogP contribution in [0.3, 0.4) is 0 Å². The zero-order valence-corrected chi connectivity index (χ0v) is 5.89. The van der Waals surface area contributed by atoms with Crippen molar-refractivity contribution in [3.05, 3.63) is 11.7 Å². The number of aryl methyl sites for hydroxylation is 1. The molecule has 0 fully saturated rings. The van der Waals surface area contributed by atoms with Crippen molar-refractivity contribution in [3.8, 4) is 0 Å². The first-order valence-electron chi connectivity index (χ1n) is 2.84. The summed E-state index contributed by atoms with van der Waals surface area (Å²) in [7, 11) is 0. The molecular formula is C4H7N5O2. The number of hydrogen-bond donors (Lipinski definition) is 1. The van der Waals surface area contributed by atoms with E-state index in [0.717, 1.165) is 0 Å². The lowest BCUT2D eigenvalue weighted by Gasteiger charge is -1.87. The van der Waals surface area contributed by atoms with Gasteiger partial charge in [0.15, 0.2) is 6.61 Å². The lowest BCUT2D eigenvalue weighted by molar-refractivity contribution is 0.101. The van der Waals surface area contributed by atoms with Crippen molar-refractivity contribution in [2.75, 3.05) is 0 Å². The first-order chi connectivity index (χ1) is 5.33. The average Bonchev–Trinajstić information content (AvgIpc) is 2.37. The third kappa shape index (κ3) is 2.20. The standard InChI is InChI=1S/C4H7N5O2/c1-3-6-4(7-11-3)2-10-9-8-5/h2H2,1H3,(H2,5,9). The van der Waals surface area contributed by atoms with E-state index in [0.29, 0.717) is 11.7 Å². The van der Waals surface area contributed by atoms with E-state index >= 15 is 0 Å². The molecule has 1 heterocycles. The van der Waals surface area contributed by atoms with Gasteiger partial charge in [-0.05, 0) is 5.22 Å². The van der Waals surface area contributed by atoms with Crippen LogP contribution in [0.25, 0.3) is 0 Å². The molecule has 0 saturated carbocycles. The topological polar surface area (TPSA) is 98.9 Å². The molecule has 1 aromatic rings. The second kappa shape index (κ2) is 3.49. The normalized spacial score (nSPS) is 10.6. The highest BCUT2D eigenvalue weighted by Gasteiger charge is 2.00. The van der Waals surface area contributed by atoms with E-state index in [1.165, 1.54) is 0 Å². The smallest absolute Gasteiger partial charge is 0.223 e. The van der Waals surface area contributed by atoms with Crippen molar-refractivity contribution in [1.29, 1.82) is 0 Å². The predicted molar refractivity (Wildman–Crippen MR) is 32.9 cm³/mol. The molecule has 0 bridgehead atoms. The Hall–Kier alpha value is -1.66. The van der Waals surface area contributed by atoms with E-state index < -0.39 is 0 Å². The van der Waals surface area contributed by atoms with E-state index in [4.69, 9.17) is 0 Å². The number of nitrogens with two attached hydrogens (primary N) is 1. The highest BCUT2D eigenvalue weighted by atomic mass is 16.6. The summed E-state index contributed by atoms with van der Waals surface area (Å²) in [6.45, 7) is 1.79. The Labute approximate surface area is 62.2 Å². The third-order valence-electron chi connectivity index (χ3n) is 0.868. The van der Waals surface area contributed by atoms with Gasteiger partial charge in [0.25, 0.3) is 0 Å². The van der Waals surface area contributed by atoms with Crippen molar-refractivity contribution in [2.45, 2.75) is 13.5 Å². The van der Waals surface area contributed by atoms with Crippen LogP contribution in [0.15, 0.2) is 15.0 Å². The Morgan fingerprint density at radius 2 is 2.55 bits per heavy atom. The van der Waals surface area contributed by atoms with Gasteiger partial charge in [-0.2, -0.15) is 4.98 Å². The van der Waals surface area contributed by atoms with E-state index in [2.05, 4.69) is 35.8 Å². The summed E-state index contributed by atoms with van der Waals surface area (Å²) in [5, 5.41) is 9.47. The lowest BCUT2D eigenvalue weighted by Crippen LogP contribution is -1.89. The first-order valence-corrected chi connectivity index (χ1v) is 2.84. The number of hydrogen-bond acceptors (Lipinski definition) is 6. The zero-order valence-electron chi connectivity index (χ0n) is 5.89. The largest absolute Gasteiger partial charge is 0.370 e. The molecule has 0 aliphatic heterocycles. The molecule has 1 rings (SSSR count). The summed E-state index contributed by atoms with van der Waals surface area (Å²) in [6, 6.07) is 0. The molecule has 0 radical (unpaired) electrons. The summed E-state index contributed by atoms with van der Waals surface area (Å²) < 4.78 is 4.65. The van der Waals surface area contributed by atoms with Gasteiger partial charge < -0.3 is 15.2 Å². The minimum atomic E-state index is 0.109. The van der Waals surface area contributed by atoms with Crippen molar-refractivity contribution in [2.24, 2.45) is 16.3 Å². The number of aromatic nitrogens is 2. The Balaban J connectivity index is 2.38. The molecule has 11 heavy (non-hydrogen) atoms. The van der Waals surface area contributed by atoms with Gasteiger partial charge in [0.05, 0.1) is 0 Å². The van der Waals surface area contributed by atoms with Crippen LogP contribution in [0.1, 0.15) is 11.7 Å². The Kier molecular flexibility index (Phi) is 2.37. The van der Waals surface area contributed by atoms with Crippen molar-refractivity contribution >= 4 is 0 Å². The maximum atomic E-state index is 4.67. The highest BCUT2D eigenvalue weighted by molar-refractivity contribution is 4.80. The minimum absolute atomic E-state index is 0.109. The van der Waals surface area contributed by atoms with Gasteiger partial charge in [0, 0.05) is 12.2 Å². The highest BCUT2D eigenvalue weighted by Crippen LogP contribution is 1.96. The molecule has 0 aliphatic carbocycles. The van der Waals surface area contributed by atoms with Crippen LogP contribution >= 0.6 is 0 Å². The van der Waals surface area contributed by atoms with Crippen molar-refractivity contribution < 1.29 is 9.36 Å². The molecule has 60 valence electrons. The summed E-state index contributed by atoms with van der Waals surface area (Å²) in [5.41, 5.74) is 0. The fraction of sp³-hybridized carbons (Fsp3) is 0.500. The molecule has 0 unspecified atom stereocenters. The fourth-order valence-corrected chi connectivity index (χ4v) is 0.520. The second-order valence-corrected chi connectivity index (χ2v) is 1.70. The van der Waals surface area contributed by atoms with Gasteiger partial charge in [0.1, 0.15) is 0 Å². The Morgan fingerprint density at radius 3 is 3.09 bits per heavy atom. The molecule has 0 aliphatic rings. The molecular weight excluding hydrogens is 150 g/mol. The Morgan fingerprint density at radius 1 is 1.73 bits per heavy atom. The molecule has 7 nitrogen and oxygen atoms in total. The van der Waals surface area contributed by atoms with Gasteiger partial charge in [-0.3, -0.25) is 0 Å². The fourth-order valence-electron chi connectivity index (χ4n) is 0.520. The van der Waals surface area contributed by atoms with Gasteiger partial charge in [-0.1, -0.05) is 5.16 Å². The summed E-state index contributed by atoms with van der Waals surface area (Å²) in [5.74, 6) is 5.56. The summed E-state index contributed by atoms with van der Waals surface area (Å²) in [4.78, 5) is 8.37. The number of nitrogens with zero attached hydrogens (tertiary/aromatic N) is 4. The summed E-state index contributed by atoms with van der Waals surface area (Å²) >= 11 is 0. The average molecular weight is 157 g/mol. The van der Waals surface area contributed by atoms with Gasteiger partial charge >= 0.3 is 0 Å². The van der Waals surface area contributed by atoms with Crippen LogP contribution in [0, 0.1) is 6.92 Å². The molecule has 1 aromatic heterocycles. The molecule has 0 amide bonds. The molecule has 0 spiro atoms. The van der Waals surface area contributed by atoms with Crippen molar-refractivity contribution in [1.82, 2.24) is 10.1 Å². The van der Waals surface area contributed by atoms with Crippen LogP contribution in [-0.2, 0) is 11.4 Å². The van der Waals surface area contributed by atoms with Gasteiger partial charge in [0.2, 0.25) is 11.7 Å². The third-order valence-corrected chi connectivity index (χ3v) is 0.868. The monoisotopic (exact) mass is 157 g/mol. The van der Waals surface area contributed by atoms with E-state index in [-0.39, 0.29) is 6.61 Å². The quantitative estimate of drug-likeness (QED) is 0.382. The van der Waals surface area contributed by atoms with E-state index in [9.17, 15) is 0 Å². The van der Waals surface area contributed by atoms with E-state index in [1.54, 1.807) is 6.92 Å². The van der Waals surface area contributed by atoms with Gasteiger partial charge in [-0.15, -0.1) is 0 Å². The van der Waals surface area contributed by atoms with Crippen LogP contribution in [0.4, 0.5) is 0 Å². The van der Waals surface area contributed by atoms with Crippen LogP contribution < -0.4 is 5.84 Å². The zero-order chi connectivity index (χ0) is 8.10. The van der Waals surface area contributed by atoms with E-state index in [1.807, 2.05) is 0 Å². The first kappa shape index (κ1) is 7.45. The molecule has 7 heteroatoms. The molecule has 2 N–H and O–H groups in total. The van der Waals surface area contributed by atoms with Crippen molar-refractivity contribution in [3.63, 3.8) is 0 Å². The second-order valence-electron chi connectivity index (χ2n) is 1.70. The molecule has 0 aromatic carbocycles. The maximum absolute atomic E-state index is 4.67. The van der Waals surface area contributed by atoms with Crippen LogP contribution in [0.5, 0.6) is 0 Å². The predicted octanol–water partition coefficient (Wildman–Crippen LogP) is 0.136. The number of rotatable bonds is 3. The van der Waals surface area contributed by atoms with Crippen LogP contribution in [0.2, 0.25) is 0 Å². The summed E-state index contributed by atoms with van der Waals surface area (Å²) in [6.07, 6.45) is 0. The lowest BCUT2D eigenvalue weighted by atomic mass is 10.7. The molecule has 0 atom stereocenters. The van der Waals surface area contributed by atoms with Gasteiger partial charge in [-0.25, -0.2) is 0 Å². The van der Waals surface area contributed by atoms with Crippen LogP contribution in [-0.4, -0.2) is 10.1 Å². The minimum Gasteiger partial charge on any atom is -0.370 e.